The second-order valence-corrected chi connectivity index (χ2v) is 3.18. The van der Waals surface area contributed by atoms with Crippen molar-refractivity contribution in [3.05, 3.63) is 69.7 Å². The highest BCUT2D eigenvalue weighted by molar-refractivity contribution is 6.30. The second kappa shape index (κ2) is 6.58. The van der Waals surface area contributed by atoms with Gasteiger partial charge in [-0.1, -0.05) is 41.9 Å². The molecule has 0 atom stereocenters. The predicted molar refractivity (Wildman–Crippen MR) is 61.8 cm³/mol. The molecule has 16 heavy (non-hydrogen) atoms. The van der Waals surface area contributed by atoms with E-state index in [1.165, 1.54) is 12.3 Å². The number of halogens is 1. The molecule has 0 aliphatic heterocycles. The molecule has 0 fully saturated rings. The van der Waals surface area contributed by atoms with Gasteiger partial charge in [-0.05, 0) is 12.1 Å². The third-order valence-corrected chi connectivity index (χ3v) is 1.91. The van der Waals surface area contributed by atoms with Gasteiger partial charge in [-0.2, -0.15) is 0 Å². The summed E-state index contributed by atoms with van der Waals surface area (Å²) in [6, 6.07) is 12.1. The highest BCUT2D eigenvalue weighted by Gasteiger charge is 1.89. The van der Waals surface area contributed by atoms with Crippen LogP contribution in [-0.4, -0.2) is 6.29 Å². The Morgan fingerprint density at radius 3 is 2.12 bits per heavy atom. The number of aldehydes is 1. The van der Waals surface area contributed by atoms with Gasteiger partial charge < -0.3 is 4.42 Å². The van der Waals surface area contributed by atoms with E-state index in [1.54, 1.807) is 18.2 Å². The fourth-order valence-corrected chi connectivity index (χ4v) is 0.998. The molecule has 0 bridgehead atoms. The first-order valence-electron chi connectivity index (χ1n) is 4.47. The van der Waals surface area contributed by atoms with Crippen LogP contribution < -0.4 is 5.63 Å². The quantitative estimate of drug-likeness (QED) is 0.716. The Morgan fingerprint density at radius 2 is 1.75 bits per heavy atom. The summed E-state index contributed by atoms with van der Waals surface area (Å²) in [6.45, 7) is 0. The van der Waals surface area contributed by atoms with Crippen LogP contribution in [0.1, 0.15) is 10.4 Å². The van der Waals surface area contributed by atoms with Gasteiger partial charge in [-0.25, -0.2) is 4.79 Å². The zero-order chi connectivity index (χ0) is 11.8. The summed E-state index contributed by atoms with van der Waals surface area (Å²) in [5.74, 6) is 0. The van der Waals surface area contributed by atoms with Crippen molar-refractivity contribution >= 4 is 17.9 Å². The van der Waals surface area contributed by atoms with Crippen LogP contribution in [0.2, 0.25) is 5.02 Å². The second-order valence-electron chi connectivity index (χ2n) is 2.78. The van der Waals surface area contributed by atoms with E-state index >= 15 is 0 Å². The largest absolute Gasteiger partial charge is 0.430 e. The first-order chi connectivity index (χ1) is 7.74. The van der Waals surface area contributed by atoms with Crippen LogP contribution in [0.15, 0.2) is 57.9 Å². The van der Waals surface area contributed by atoms with Crippen molar-refractivity contribution in [3.8, 4) is 0 Å². The van der Waals surface area contributed by atoms with Crippen LogP contribution in [0.4, 0.5) is 0 Å². The molecule has 0 saturated heterocycles. The number of hydrogen-bond acceptors (Lipinski definition) is 3. The normalized spacial score (nSPS) is 8.81. The maximum atomic E-state index is 10.3. The van der Waals surface area contributed by atoms with Crippen molar-refractivity contribution in [1.29, 1.82) is 0 Å². The third-order valence-electron chi connectivity index (χ3n) is 1.63. The van der Waals surface area contributed by atoms with Crippen LogP contribution in [0.5, 0.6) is 0 Å². The Kier molecular flexibility index (Phi) is 5.02. The molecule has 82 valence electrons. The van der Waals surface area contributed by atoms with Gasteiger partial charge in [-0.15, -0.1) is 0 Å². The molecule has 1 aromatic heterocycles. The molecule has 0 saturated carbocycles. The molecule has 0 aliphatic carbocycles. The Balaban J connectivity index is 0.000000160. The number of benzene rings is 1. The van der Waals surface area contributed by atoms with Crippen LogP contribution in [0.25, 0.3) is 0 Å². The lowest BCUT2D eigenvalue weighted by Gasteiger charge is -1.81. The van der Waals surface area contributed by atoms with Crippen molar-refractivity contribution in [2.75, 3.05) is 0 Å². The minimum atomic E-state index is -0.492. The summed E-state index contributed by atoms with van der Waals surface area (Å²) in [5, 5.41) is 0.118. The van der Waals surface area contributed by atoms with Gasteiger partial charge in [0.2, 0.25) is 0 Å². The van der Waals surface area contributed by atoms with E-state index < -0.39 is 5.63 Å². The Bertz CT molecular complexity index is 491. The number of hydrogen-bond donors (Lipinski definition) is 0. The number of rotatable bonds is 1. The predicted octanol–water partition coefficient (Wildman–Crippen LogP) is 2.79. The highest BCUT2D eigenvalue weighted by atomic mass is 35.5. The first-order valence-corrected chi connectivity index (χ1v) is 4.85. The van der Waals surface area contributed by atoms with Crippen LogP contribution in [0, 0.1) is 0 Å². The zero-order valence-corrected chi connectivity index (χ0v) is 9.05. The SMILES string of the molecule is O=Cc1ccccc1.O=c1occcc1Cl. The van der Waals surface area contributed by atoms with Gasteiger partial charge >= 0.3 is 5.63 Å². The van der Waals surface area contributed by atoms with Gasteiger partial charge in [0, 0.05) is 5.56 Å². The molecule has 0 N–H and O–H groups in total. The smallest absolute Gasteiger partial charge is 0.354 e. The summed E-state index contributed by atoms with van der Waals surface area (Å²) >= 11 is 5.30. The Morgan fingerprint density at radius 1 is 1.06 bits per heavy atom. The van der Waals surface area contributed by atoms with Crippen molar-refractivity contribution in [1.82, 2.24) is 0 Å². The molecular formula is C12H9ClO3. The molecule has 2 aromatic rings. The fraction of sp³-hybridized carbons (Fsp3) is 0. The Hall–Kier alpha value is -1.87. The minimum absolute atomic E-state index is 0.118. The van der Waals surface area contributed by atoms with Crippen molar-refractivity contribution in [3.63, 3.8) is 0 Å². The molecule has 0 radical (unpaired) electrons. The maximum Gasteiger partial charge on any atom is 0.354 e. The van der Waals surface area contributed by atoms with Crippen LogP contribution in [-0.2, 0) is 0 Å². The standard InChI is InChI=1S/C7H6O.C5H3ClO2/c8-6-7-4-2-1-3-5-7;6-4-2-1-3-8-5(4)7/h1-6H;1-3H. The summed E-state index contributed by atoms with van der Waals surface area (Å²) in [4.78, 5) is 20.3. The lowest BCUT2D eigenvalue weighted by Crippen LogP contribution is -1.95. The van der Waals surface area contributed by atoms with Crippen molar-refractivity contribution in [2.24, 2.45) is 0 Å². The molecule has 0 unspecified atom stereocenters. The average molecular weight is 237 g/mol. The number of carbonyl (C=O) groups is 1. The lowest BCUT2D eigenvalue weighted by atomic mass is 10.2. The van der Waals surface area contributed by atoms with Crippen molar-refractivity contribution in [2.45, 2.75) is 0 Å². The van der Waals surface area contributed by atoms with E-state index in [9.17, 15) is 9.59 Å². The van der Waals surface area contributed by atoms with Gasteiger partial charge in [-0.3, -0.25) is 4.79 Å². The van der Waals surface area contributed by atoms with Gasteiger partial charge in [0.25, 0.3) is 0 Å². The van der Waals surface area contributed by atoms with E-state index in [2.05, 4.69) is 4.42 Å². The van der Waals surface area contributed by atoms with E-state index in [0.717, 1.165) is 11.8 Å². The first kappa shape index (κ1) is 12.2. The van der Waals surface area contributed by atoms with Gasteiger partial charge in [0.1, 0.15) is 11.3 Å². The van der Waals surface area contributed by atoms with Crippen LogP contribution in [0.3, 0.4) is 0 Å². The molecule has 0 amide bonds. The summed E-state index contributed by atoms with van der Waals surface area (Å²) in [7, 11) is 0. The third kappa shape index (κ3) is 4.11. The highest BCUT2D eigenvalue weighted by Crippen LogP contribution is 1.96. The lowest BCUT2D eigenvalue weighted by molar-refractivity contribution is 0.112. The molecule has 0 spiro atoms. The monoisotopic (exact) mass is 236 g/mol. The molecule has 3 nitrogen and oxygen atoms in total. The average Bonchev–Trinajstić information content (AvgIpc) is 2.35. The van der Waals surface area contributed by atoms with E-state index in [1.807, 2.05) is 18.2 Å². The summed E-state index contributed by atoms with van der Waals surface area (Å²) in [6.07, 6.45) is 2.12. The van der Waals surface area contributed by atoms with E-state index in [4.69, 9.17) is 11.6 Å². The number of carbonyl (C=O) groups excluding carboxylic acids is 1. The molecular weight excluding hydrogens is 228 g/mol. The maximum absolute atomic E-state index is 10.3. The zero-order valence-electron chi connectivity index (χ0n) is 8.30. The summed E-state index contributed by atoms with van der Waals surface area (Å²) in [5.41, 5.74) is 0.238. The van der Waals surface area contributed by atoms with E-state index in [-0.39, 0.29) is 5.02 Å². The molecule has 1 heterocycles. The van der Waals surface area contributed by atoms with Crippen molar-refractivity contribution < 1.29 is 9.21 Å². The Labute approximate surface area is 97.3 Å². The molecule has 4 heteroatoms. The minimum Gasteiger partial charge on any atom is -0.430 e. The van der Waals surface area contributed by atoms with Crippen LogP contribution >= 0.6 is 11.6 Å². The van der Waals surface area contributed by atoms with Gasteiger partial charge in [0.15, 0.2) is 0 Å². The molecule has 2 rings (SSSR count). The van der Waals surface area contributed by atoms with E-state index in [0.29, 0.717) is 0 Å². The molecule has 1 aromatic carbocycles. The van der Waals surface area contributed by atoms with Gasteiger partial charge in [0.05, 0.1) is 6.26 Å². The fourth-order valence-electron chi connectivity index (χ4n) is 0.881. The summed E-state index contributed by atoms with van der Waals surface area (Å²) < 4.78 is 4.37. The molecule has 0 aliphatic rings. The topological polar surface area (TPSA) is 47.3 Å².